The summed E-state index contributed by atoms with van der Waals surface area (Å²) in [7, 11) is 0. The molecule has 0 heterocycles. The normalized spacial score (nSPS) is 13.1. The number of rotatable bonds is 7. The summed E-state index contributed by atoms with van der Waals surface area (Å²) in [5, 5.41) is 13.4. The van der Waals surface area contributed by atoms with Crippen molar-refractivity contribution in [2.75, 3.05) is 13.2 Å². The van der Waals surface area contributed by atoms with Crippen molar-refractivity contribution in [2.45, 2.75) is 19.1 Å². The van der Waals surface area contributed by atoms with Crippen molar-refractivity contribution < 1.29 is 14.2 Å². The van der Waals surface area contributed by atoms with Gasteiger partial charge >= 0.3 is 0 Å². The van der Waals surface area contributed by atoms with Crippen molar-refractivity contribution in [1.82, 2.24) is 5.32 Å². The van der Waals surface area contributed by atoms with Gasteiger partial charge in [-0.05, 0) is 42.3 Å². The Balaban J connectivity index is 1.87. The zero-order chi connectivity index (χ0) is 16.7. The lowest BCUT2D eigenvalue weighted by Crippen LogP contribution is -2.24. The van der Waals surface area contributed by atoms with Gasteiger partial charge in [-0.2, -0.15) is 0 Å². The van der Waals surface area contributed by atoms with Crippen molar-refractivity contribution in [2.24, 2.45) is 0 Å². The van der Waals surface area contributed by atoms with E-state index in [-0.39, 0.29) is 18.5 Å². The first-order valence-electron chi connectivity index (χ1n) is 7.43. The number of nitrogens with one attached hydrogen (secondary N) is 1. The highest BCUT2D eigenvalue weighted by atomic mass is 19.1. The summed E-state index contributed by atoms with van der Waals surface area (Å²) in [6.45, 7) is 2.63. The molecular weight excluding hydrogens is 293 g/mol. The molecule has 3 nitrogen and oxygen atoms in total. The molecule has 0 radical (unpaired) electrons. The van der Waals surface area contributed by atoms with E-state index in [4.69, 9.17) is 11.2 Å². The Kier molecular flexibility index (Phi) is 6.16. The number of halogens is 1. The van der Waals surface area contributed by atoms with Crippen LogP contribution in [0.1, 0.15) is 30.2 Å². The highest BCUT2D eigenvalue weighted by molar-refractivity contribution is 5.29. The van der Waals surface area contributed by atoms with Gasteiger partial charge in [0.1, 0.15) is 18.2 Å². The molecule has 0 fully saturated rings. The largest absolute Gasteiger partial charge is 0.481 e. The fourth-order valence-electron chi connectivity index (χ4n) is 2.19. The molecule has 120 valence electrons. The molecule has 0 saturated heterocycles. The van der Waals surface area contributed by atoms with Gasteiger partial charge in [0.05, 0.1) is 6.10 Å². The van der Waals surface area contributed by atoms with Gasteiger partial charge in [-0.1, -0.05) is 30.2 Å². The first kappa shape index (κ1) is 17.0. The molecule has 4 heteroatoms. The molecule has 2 atom stereocenters. The van der Waals surface area contributed by atoms with Gasteiger partial charge in [-0.25, -0.2) is 4.39 Å². The summed E-state index contributed by atoms with van der Waals surface area (Å²) in [4.78, 5) is 0. The van der Waals surface area contributed by atoms with Crippen LogP contribution in [0.5, 0.6) is 5.75 Å². The predicted octanol–water partition coefficient (Wildman–Crippen LogP) is 3.22. The summed E-state index contributed by atoms with van der Waals surface area (Å²) < 4.78 is 18.2. The molecule has 0 bridgehead atoms. The zero-order valence-electron chi connectivity index (χ0n) is 13.0. The van der Waals surface area contributed by atoms with Crippen LogP contribution in [0.4, 0.5) is 4.39 Å². The van der Waals surface area contributed by atoms with Crippen LogP contribution in [0.2, 0.25) is 0 Å². The monoisotopic (exact) mass is 313 g/mol. The minimum atomic E-state index is -0.684. The Morgan fingerprint density at radius 3 is 2.35 bits per heavy atom. The third kappa shape index (κ3) is 5.10. The van der Waals surface area contributed by atoms with E-state index in [0.29, 0.717) is 12.1 Å². The topological polar surface area (TPSA) is 41.5 Å². The molecule has 23 heavy (non-hydrogen) atoms. The number of terminal acetylenes is 1. The molecule has 0 aliphatic rings. The second-order valence-electron chi connectivity index (χ2n) is 5.26. The Morgan fingerprint density at radius 2 is 1.74 bits per heavy atom. The summed E-state index contributed by atoms with van der Waals surface area (Å²) in [6, 6.07) is 13.6. The maximum Gasteiger partial charge on any atom is 0.148 e. The molecule has 2 rings (SSSR count). The molecule has 2 aromatic carbocycles. The van der Waals surface area contributed by atoms with Gasteiger partial charge in [0, 0.05) is 12.6 Å². The summed E-state index contributed by atoms with van der Waals surface area (Å²) in [5.41, 5.74) is 1.76. The van der Waals surface area contributed by atoms with Crippen LogP contribution in [-0.2, 0) is 0 Å². The van der Waals surface area contributed by atoms with E-state index in [9.17, 15) is 9.50 Å². The standard InChI is InChI=1S/C19H20FNO2/c1-3-12-23-18-10-6-15(7-11-18)14(2)21-13-19(22)16-4-8-17(20)9-5-16/h1,4-11,14,19,21-22H,12-13H2,2H3. The number of ether oxygens (including phenoxy) is 1. The summed E-state index contributed by atoms with van der Waals surface area (Å²) in [5.74, 6) is 2.84. The van der Waals surface area contributed by atoms with E-state index >= 15 is 0 Å². The second kappa shape index (κ2) is 8.33. The van der Waals surface area contributed by atoms with Crippen LogP contribution < -0.4 is 10.1 Å². The number of benzene rings is 2. The number of hydrogen-bond donors (Lipinski definition) is 2. The lowest BCUT2D eigenvalue weighted by molar-refractivity contribution is 0.170. The number of aliphatic hydroxyl groups excluding tert-OH is 1. The van der Waals surface area contributed by atoms with E-state index in [2.05, 4.69) is 11.2 Å². The smallest absolute Gasteiger partial charge is 0.148 e. The van der Waals surface area contributed by atoms with E-state index in [1.54, 1.807) is 12.1 Å². The predicted molar refractivity (Wildman–Crippen MR) is 88.5 cm³/mol. The van der Waals surface area contributed by atoms with E-state index in [0.717, 1.165) is 11.3 Å². The Hall–Kier alpha value is -2.35. The molecule has 0 aromatic heterocycles. The van der Waals surface area contributed by atoms with E-state index in [1.165, 1.54) is 12.1 Å². The molecule has 0 spiro atoms. The fraction of sp³-hybridized carbons (Fsp3) is 0.263. The Labute approximate surface area is 136 Å². The van der Waals surface area contributed by atoms with Gasteiger partial charge in [0.25, 0.3) is 0 Å². The average molecular weight is 313 g/mol. The van der Waals surface area contributed by atoms with Crippen molar-refractivity contribution >= 4 is 0 Å². The SMILES string of the molecule is C#CCOc1ccc(C(C)NCC(O)c2ccc(F)cc2)cc1. The number of aliphatic hydroxyl groups is 1. The van der Waals surface area contributed by atoms with Crippen molar-refractivity contribution in [3.05, 3.63) is 65.5 Å². The molecule has 0 saturated carbocycles. The summed E-state index contributed by atoms with van der Waals surface area (Å²) >= 11 is 0. The van der Waals surface area contributed by atoms with Crippen LogP contribution >= 0.6 is 0 Å². The zero-order valence-corrected chi connectivity index (χ0v) is 13.0. The van der Waals surface area contributed by atoms with Crippen molar-refractivity contribution in [1.29, 1.82) is 0 Å². The molecule has 0 aliphatic heterocycles. The lowest BCUT2D eigenvalue weighted by Gasteiger charge is -2.18. The minimum Gasteiger partial charge on any atom is -0.481 e. The Morgan fingerprint density at radius 1 is 1.13 bits per heavy atom. The molecular formula is C19H20FNO2. The van der Waals surface area contributed by atoms with Gasteiger partial charge in [0.2, 0.25) is 0 Å². The number of hydrogen-bond acceptors (Lipinski definition) is 3. The molecule has 0 aliphatic carbocycles. The third-order valence-corrected chi connectivity index (χ3v) is 3.57. The first-order valence-corrected chi connectivity index (χ1v) is 7.43. The molecule has 2 unspecified atom stereocenters. The highest BCUT2D eigenvalue weighted by Gasteiger charge is 2.11. The van der Waals surface area contributed by atoms with Gasteiger partial charge in [-0.15, -0.1) is 6.42 Å². The fourth-order valence-corrected chi connectivity index (χ4v) is 2.19. The van der Waals surface area contributed by atoms with Crippen molar-refractivity contribution in [3.8, 4) is 18.1 Å². The van der Waals surface area contributed by atoms with E-state index < -0.39 is 6.10 Å². The molecule has 2 N–H and O–H groups in total. The Bertz CT molecular complexity index is 647. The van der Waals surface area contributed by atoms with Crippen LogP contribution in [-0.4, -0.2) is 18.3 Å². The molecule has 2 aromatic rings. The minimum absolute atomic E-state index is 0.0618. The van der Waals surface area contributed by atoms with Gasteiger partial charge in [-0.3, -0.25) is 0 Å². The van der Waals surface area contributed by atoms with Crippen molar-refractivity contribution in [3.63, 3.8) is 0 Å². The lowest BCUT2D eigenvalue weighted by atomic mass is 10.1. The maximum atomic E-state index is 12.9. The first-order chi connectivity index (χ1) is 11.1. The van der Waals surface area contributed by atoms with Gasteiger partial charge in [0.15, 0.2) is 0 Å². The average Bonchev–Trinajstić information content (AvgIpc) is 2.58. The second-order valence-corrected chi connectivity index (χ2v) is 5.26. The van der Waals surface area contributed by atoms with Crippen LogP contribution in [0.3, 0.4) is 0 Å². The van der Waals surface area contributed by atoms with E-state index in [1.807, 2.05) is 31.2 Å². The quantitative estimate of drug-likeness (QED) is 0.771. The van der Waals surface area contributed by atoms with Crippen LogP contribution in [0.15, 0.2) is 48.5 Å². The molecule has 0 amide bonds. The van der Waals surface area contributed by atoms with Crippen LogP contribution in [0.25, 0.3) is 0 Å². The maximum absolute atomic E-state index is 12.9. The highest BCUT2D eigenvalue weighted by Crippen LogP contribution is 2.19. The van der Waals surface area contributed by atoms with Gasteiger partial charge < -0.3 is 15.2 Å². The summed E-state index contributed by atoms with van der Waals surface area (Å²) in [6.07, 6.45) is 4.47. The third-order valence-electron chi connectivity index (χ3n) is 3.57. The van der Waals surface area contributed by atoms with Crippen LogP contribution in [0, 0.1) is 18.2 Å².